The number of hydrazine groups is 1. The van der Waals surface area contributed by atoms with Gasteiger partial charge in [0.2, 0.25) is 5.91 Å². The van der Waals surface area contributed by atoms with Crippen molar-refractivity contribution in [1.82, 2.24) is 10.9 Å². The second-order valence-corrected chi connectivity index (χ2v) is 6.94. The summed E-state index contributed by atoms with van der Waals surface area (Å²) in [5.74, 6) is -2.48. The number of carboxylic acids is 1. The number of rotatable bonds is 3. The van der Waals surface area contributed by atoms with Crippen LogP contribution in [-0.4, -0.2) is 28.0 Å². The smallest absolute Gasteiger partial charge is 0.309 e. The number of phenols is 1. The van der Waals surface area contributed by atoms with Crippen LogP contribution in [0.3, 0.4) is 0 Å². The van der Waals surface area contributed by atoms with E-state index in [-0.39, 0.29) is 11.3 Å². The SMILES string of the molecule is CC1(C(=O)O)CCC(C(=O)NNC(=O)c2cccc(O)c2)C1(C)C. The van der Waals surface area contributed by atoms with Crippen LogP contribution >= 0.6 is 0 Å². The fourth-order valence-electron chi connectivity index (χ4n) is 3.27. The van der Waals surface area contributed by atoms with Crippen molar-refractivity contribution in [2.45, 2.75) is 33.6 Å². The summed E-state index contributed by atoms with van der Waals surface area (Å²) in [6.45, 7) is 5.17. The first-order valence-corrected chi connectivity index (χ1v) is 7.72. The van der Waals surface area contributed by atoms with Gasteiger partial charge in [0, 0.05) is 11.5 Å². The first-order chi connectivity index (χ1) is 11.1. The number of nitrogens with one attached hydrogen (secondary N) is 2. The number of carbonyl (C=O) groups is 3. The van der Waals surface area contributed by atoms with Crippen LogP contribution in [0.5, 0.6) is 5.75 Å². The summed E-state index contributed by atoms with van der Waals surface area (Å²) in [5, 5.41) is 18.8. The molecule has 1 aliphatic rings. The van der Waals surface area contributed by atoms with Crippen LogP contribution in [0.25, 0.3) is 0 Å². The Hall–Kier alpha value is -2.57. The molecule has 1 aromatic carbocycles. The molecule has 2 rings (SSSR count). The first-order valence-electron chi connectivity index (χ1n) is 7.72. The van der Waals surface area contributed by atoms with Gasteiger partial charge in [-0.2, -0.15) is 0 Å². The average Bonchev–Trinajstić information content (AvgIpc) is 2.76. The van der Waals surface area contributed by atoms with E-state index in [0.717, 1.165) is 0 Å². The molecule has 2 unspecified atom stereocenters. The molecular weight excluding hydrogens is 312 g/mol. The average molecular weight is 334 g/mol. The predicted molar refractivity (Wildman–Crippen MR) is 86.0 cm³/mol. The molecular formula is C17H22N2O5. The number of amides is 2. The molecule has 7 nitrogen and oxygen atoms in total. The number of hydrogen-bond acceptors (Lipinski definition) is 4. The standard InChI is InChI=1S/C17H22N2O5/c1-16(2)12(7-8-17(16,3)15(23)24)14(22)19-18-13(21)10-5-4-6-11(20)9-10/h4-6,9,12,20H,7-8H2,1-3H3,(H,18,21)(H,19,22)(H,23,24). The number of aliphatic carboxylic acids is 1. The van der Waals surface area contributed by atoms with E-state index in [4.69, 9.17) is 0 Å². The van der Waals surface area contributed by atoms with Crippen molar-refractivity contribution in [3.8, 4) is 5.75 Å². The van der Waals surface area contributed by atoms with E-state index in [2.05, 4.69) is 10.9 Å². The summed E-state index contributed by atoms with van der Waals surface area (Å²) in [6.07, 6.45) is 0.831. The van der Waals surface area contributed by atoms with Gasteiger partial charge in [0.1, 0.15) is 5.75 Å². The van der Waals surface area contributed by atoms with E-state index in [1.807, 2.05) is 0 Å². The normalized spacial score (nSPS) is 25.0. The highest BCUT2D eigenvalue weighted by atomic mass is 16.4. The molecule has 1 aromatic rings. The Morgan fingerprint density at radius 2 is 1.83 bits per heavy atom. The zero-order valence-corrected chi connectivity index (χ0v) is 13.9. The van der Waals surface area contributed by atoms with Gasteiger partial charge in [-0.1, -0.05) is 19.9 Å². The van der Waals surface area contributed by atoms with Gasteiger partial charge < -0.3 is 10.2 Å². The minimum Gasteiger partial charge on any atom is -0.508 e. The zero-order valence-electron chi connectivity index (χ0n) is 13.9. The van der Waals surface area contributed by atoms with Crippen molar-refractivity contribution in [2.75, 3.05) is 0 Å². The van der Waals surface area contributed by atoms with Gasteiger partial charge in [0.05, 0.1) is 5.41 Å². The second kappa shape index (κ2) is 6.14. The van der Waals surface area contributed by atoms with E-state index in [1.54, 1.807) is 20.8 Å². The molecule has 1 fully saturated rings. The molecule has 0 bridgehead atoms. The lowest BCUT2D eigenvalue weighted by Crippen LogP contribution is -2.49. The van der Waals surface area contributed by atoms with Crippen molar-refractivity contribution < 1.29 is 24.6 Å². The Kier molecular flexibility index (Phi) is 4.55. The van der Waals surface area contributed by atoms with Crippen LogP contribution < -0.4 is 10.9 Å². The van der Waals surface area contributed by atoms with Gasteiger partial charge in [0.25, 0.3) is 5.91 Å². The van der Waals surface area contributed by atoms with E-state index in [9.17, 15) is 24.6 Å². The van der Waals surface area contributed by atoms with Gasteiger partial charge in [-0.15, -0.1) is 0 Å². The maximum atomic E-state index is 12.4. The van der Waals surface area contributed by atoms with E-state index >= 15 is 0 Å². The maximum Gasteiger partial charge on any atom is 0.309 e. The largest absolute Gasteiger partial charge is 0.508 e. The van der Waals surface area contributed by atoms with Crippen LogP contribution in [-0.2, 0) is 9.59 Å². The monoisotopic (exact) mass is 334 g/mol. The van der Waals surface area contributed by atoms with Crippen molar-refractivity contribution in [3.63, 3.8) is 0 Å². The van der Waals surface area contributed by atoms with E-state index in [1.165, 1.54) is 24.3 Å². The lowest BCUT2D eigenvalue weighted by atomic mass is 9.65. The van der Waals surface area contributed by atoms with Crippen LogP contribution in [0.4, 0.5) is 0 Å². The third-order valence-electron chi connectivity index (χ3n) is 5.42. The highest BCUT2D eigenvalue weighted by molar-refractivity contribution is 5.96. The number of phenolic OH excluding ortho intramolecular Hbond substituents is 1. The third-order valence-corrected chi connectivity index (χ3v) is 5.42. The number of carbonyl (C=O) groups excluding carboxylic acids is 2. The molecule has 0 aromatic heterocycles. The maximum absolute atomic E-state index is 12.4. The molecule has 1 aliphatic carbocycles. The Balaban J connectivity index is 2.03. The zero-order chi connectivity index (χ0) is 18.1. The van der Waals surface area contributed by atoms with Gasteiger partial charge >= 0.3 is 5.97 Å². The topological polar surface area (TPSA) is 116 Å². The molecule has 2 atom stereocenters. The molecule has 1 saturated carbocycles. The van der Waals surface area contributed by atoms with Crippen molar-refractivity contribution in [2.24, 2.45) is 16.7 Å². The summed E-state index contributed by atoms with van der Waals surface area (Å²) >= 11 is 0. The highest BCUT2D eigenvalue weighted by Crippen LogP contribution is 2.56. The predicted octanol–water partition coefficient (Wildman–Crippen LogP) is 1.68. The Morgan fingerprint density at radius 1 is 1.17 bits per heavy atom. The van der Waals surface area contributed by atoms with Gasteiger partial charge in [-0.25, -0.2) is 0 Å². The molecule has 0 heterocycles. The van der Waals surface area contributed by atoms with Crippen LogP contribution in [0.1, 0.15) is 44.0 Å². The van der Waals surface area contributed by atoms with Crippen molar-refractivity contribution >= 4 is 17.8 Å². The van der Waals surface area contributed by atoms with Crippen LogP contribution in [0, 0.1) is 16.7 Å². The number of carboxylic acid groups (broad SMARTS) is 1. The quantitative estimate of drug-likeness (QED) is 0.628. The Labute approximate surface area is 140 Å². The minimum atomic E-state index is -0.996. The summed E-state index contributed by atoms with van der Waals surface area (Å²) in [5.41, 5.74) is 3.12. The molecule has 130 valence electrons. The molecule has 24 heavy (non-hydrogen) atoms. The van der Waals surface area contributed by atoms with E-state index in [0.29, 0.717) is 12.8 Å². The number of hydrogen-bond donors (Lipinski definition) is 4. The Morgan fingerprint density at radius 3 is 2.38 bits per heavy atom. The summed E-state index contributed by atoms with van der Waals surface area (Å²) in [6, 6.07) is 5.73. The fraction of sp³-hybridized carbons (Fsp3) is 0.471. The molecule has 0 aliphatic heterocycles. The van der Waals surface area contributed by atoms with Gasteiger partial charge in [0.15, 0.2) is 0 Å². The van der Waals surface area contributed by atoms with Crippen molar-refractivity contribution in [3.05, 3.63) is 29.8 Å². The lowest BCUT2D eigenvalue weighted by Gasteiger charge is -2.37. The first kappa shape index (κ1) is 17.8. The molecule has 0 radical (unpaired) electrons. The molecule has 0 saturated heterocycles. The molecule has 7 heteroatoms. The summed E-state index contributed by atoms with van der Waals surface area (Å²) < 4.78 is 0. The minimum absolute atomic E-state index is 0.0527. The number of aromatic hydroxyl groups is 1. The Bertz CT molecular complexity index is 685. The molecule has 2 amide bonds. The molecule has 4 N–H and O–H groups in total. The number of benzene rings is 1. The third kappa shape index (κ3) is 2.93. The van der Waals surface area contributed by atoms with Gasteiger partial charge in [-0.3, -0.25) is 25.2 Å². The van der Waals surface area contributed by atoms with Crippen molar-refractivity contribution in [1.29, 1.82) is 0 Å². The van der Waals surface area contributed by atoms with E-state index < -0.39 is 34.5 Å². The summed E-state index contributed by atoms with van der Waals surface area (Å²) in [7, 11) is 0. The molecule has 0 spiro atoms. The summed E-state index contributed by atoms with van der Waals surface area (Å²) in [4.78, 5) is 36.0. The lowest BCUT2D eigenvalue weighted by molar-refractivity contribution is -0.155. The second-order valence-electron chi connectivity index (χ2n) is 6.94. The highest BCUT2D eigenvalue weighted by Gasteiger charge is 2.58. The fourth-order valence-corrected chi connectivity index (χ4v) is 3.27. The van der Waals surface area contributed by atoms with Gasteiger partial charge in [-0.05, 0) is 43.4 Å². The van der Waals surface area contributed by atoms with Crippen LogP contribution in [0.2, 0.25) is 0 Å². The van der Waals surface area contributed by atoms with Crippen LogP contribution in [0.15, 0.2) is 24.3 Å².